The van der Waals surface area contributed by atoms with Gasteiger partial charge in [-0.15, -0.1) is 0 Å². The highest BCUT2D eigenvalue weighted by atomic mass is 16.5. The van der Waals surface area contributed by atoms with E-state index in [0.717, 1.165) is 37.5 Å². The minimum atomic E-state index is -0.164. The number of allylic oxidation sites excluding steroid dienone is 1. The summed E-state index contributed by atoms with van der Waals surface area (Å²) in [6.07, 6.45) is 11.3. The largest absolute Gasteiger partial charge is 0.458 e. The van der Waals surface area contributed by atoms with Crippen molar-refractivity contribution in [1.82, 2.24) is 0 Å². The molecule has 7 atom stereocenters. The first-order chi connectivity index (χ1) is 11.3. The quantitative estimate of drug-likeness (QED) is 0.577. The van der Waals surface area contributed by atoms with E-state index in [2.05, 4.69) is 19.9 Å². The van der Waals surface area contributed by atoms with Gasteiger partial charge in [-0.3, -0.25) is 4.79 Å². The molecule has 0 amide bonds. The Labute approximate surface area is 145 Å². The maximum absolute atomic E-state index is 11.3. The summed E-state index contributed by atoms with van der Waals surface area (Å²) in [5.74, 6) is 2.06. The van der Waals surface area contributed by atoms with Crippen molar-refractivity contribution in [3.05, 3.63) is 11.6 Å². The SMILES string of the molecule is CC(=O)O[C@@H]1C=C2CC[C@H]3[C@@H]4CC[C@H](O)[C@@]4(C)CC[C@@H]3[C@@]2(C)CC1. The molecule has 0 bridgehead atoms. The topological polar surface area (TPSA) is 46.5 Å². The molecular weight excluding hydrogens is 300 g/mol. The molecule has 0 aliphatic heterocycles. The summed E-state index contributed by atoms with van der Waals surface area (Å²) in [7, 11) is 0. The summed E-state index contributed by atoms with van der Waals surface area (Å²) in [4.78, 5) is 11.3. The standard InChI is InChI=1S/C21H32O3/c1-13(22)24-15-8-10-20(2)14(12-15)4-5-16-17-6-7-19(23)21(17,3)11-9-18(16)20/h12,15-19,23H,4-11H2,1-3H3/t15-,16-,17-,18-,19-,20-,21-/m0/s1. The normalized spacial score (nSPS) is 50.3. The zero-order valence-electron chi connectivity index (χ0n) is 15.4. The Kier molecular flexibility index (Phi) is 3.87. The summed E-state index contributed by atoms with van der Waals surface area (Å²) in [6, 6.07) is 0. The fourth-order valence-electron chi connectivity index (χ4n) is 6.98. The highest BCUT2D eigenvalue weighted by Gasteiger charge is 2.58. The lowest BCUT2D eigenvalue weighted by Gasteiger charge is -2.58. The summed E-state index contributed by atoms with van der Waals surface area (Å²) in [5, 5.41) is 10.5. The molecule has 24 heavy (non-hydrogen) atoms. The van der Waals surface area contributed by atoms with Crippen LogP contribution in [0.3, 0.4) is 0 Å². The molecule has 0 heterocycles. The summed E-state index contributed by atoms with van der Waals surface area (Å²) >= 11 is 0. The molecule has 3 fully saturated rings. The molecule has 4 rings (SSSR count). The van der Waals surface area contributed by atoms with Crippen molar-refractivity contribution in [1.29, 1.82) is 0 Å². The average Bonchev–Trinajstić information content (AvgIpc) is 2.83. The van der Waals surface area contributed by atoms with Crippen LogP contribution in [0.4, 0.5) is 0 Å². The van der Waals surface area contributed by atoms with Crippen LogP contribution in [0.25, 0.3) is 0 Å². The number of carbonyl (C=O) groups excluding carboxylic acids is 1. The van der Waals surface area contributed by atoms with Crippen molar-refractivity contribution < 1.29 is 14.6 Å². The van der Waals surface area contributed by atoms with E-state index in [1.54, 1.807) is 5.57 Å². The Morgan fingerprint density at radius 3 is 2.67 bits per heavy atom. The second-order valence-electron chi connectivity index (χ2n) is 9.35. The van der Waals surface area contributed by atoms with Gasteiger partial charge in [-0.25, -0.2) is 0 Å². The van der Waals surface area contributed by atoms with Crippen molar-refractivity contribution in [2.24, 2.45) is 28.6 Å². The highest BCUT2D eigenvalue weighted by Crippen LogP contribution is 2.65. The molecule has 3 heteroatoms. The van der Waals surface area contributed by atoms with E-state index < -0.39 is 0 Å². The van der Waals surface area contributed by atoms with Crippen LogP contribution in [-0.4, -0.2) is 23.3 Å². The summed E-state index contributed by atoms with van der Waals surface area (Å²) in [5.41, 5.74) is 1.99. The van der Waals surface area contributed by atoms with Gasteiger partial charge in [0, 0.05) is 6.92 Å². The first-order valence-corrected chi connectivity index (χ1v) is 9.91. The van der Waals surface area contributed by atoms with Gasteiger partial charge in [0.2, 0.25) is 0 Å². The third-order valence-electron chi connectivity index (χ3n) is 8.34. The zero-order valence-corrected chi connectivity index (χ0v) is 15.4. The molecule has 4 aliphatic carbocycles. The van der Waals surface area contributed by atoms with Gasteiger partial charge < -0.3 is 9.84 Å². The Hall–Kier alpha value is -0.830. The van der Waals surface area contributed by atoms with Gasteiger partial charge in [0.1, 0.15) is 6.10 Å². The number of ether oxygens (including phenoxy) is 1. The maximum Gasteiger partial charge on any atom is 0.303 e. The number of carbonyl (C=O) groups is 1. The van der Waals surface area contributed by atoms with E-state index in [0.29, 0.717) is 5.92 Å². The molecule has 0 unspecified atom stereocenters. The van der Waals surface area contributed by atoms with Gasteiger partial charge in [0.25, 0.3) is 0 Å². The van der Waals surface area contributed by atoms with Crippen LogP contribution in [0.1, 0.15) is 72.1 Å². The maximum atomic E-state index is 11.3. The van der Waals surface area contributed by atoms with Crippen molar-refractivity contribution in [3.63, 3.8) is 0 Å². The molecule has 0 saturated heterocycles. The molecule has 1 N–H and O–H groups in total. The second kappa shape index (κ2) is 5.59. The van der Waals surface area contributed by atoms with Crippen molar-refractivity contribution >= 4 is 5.97 Å². The average molecular weight is 332 g/mol. The third kappa shape index (κ3) is 2.30. The van der Waals surface area contributed by atoms with Gasteiger partial charge in [0.15, 0.2) is 0 Å². The van der Waals surface area contributed by atoms with E-state index in [9.17, 15) is 9.90 Å². The van der Waals surface area contributed by atoms with Crippen LogP contribution in [0, 0.1) is 28.6 Å². The number of aliphatic hydroxyl groups is 1. The van der Waals surface area contributed by atoms with Crippen LogP contribution in [0.15, 0.2) is 11.6 Å². The predicted octanol–water partition coefficient (Wildman–Crippen LogP) is 4.24. The Morgan fingerprint density at radius 1 is 1.12 bits per heavy atom. The number of hydrogen-bond acceptors (Lipinski definition) is 3. The molecule has 4 aliphatic rings. The first-order valence-electron chi connectivity index (χ1n) is 9.91. The molecule has 0 radical (unpaired) electrons. The Bertz CT molecular complexity index is 567. The van der Waals surface area contributed by atoms with Gasteiger partial charge in [-0.1, -0.05) is 19.4 Å². The molecule has 3 nitrogen and oxygen atoms in total. The van der Waals surface area contributed by atoms with Gasteiger partial charge in [0.05, 0.1) is 6.10 Å². The van der Waals surface area contributed by atoms with Crippen molar-refractivity contribution in [2.45, 2.75) is 84.3 Å². The lowest BCUT2D eigenvalue weighted by molar-refractivity contribution is -0.145. The van der Waals surface area contributed by atoms with Gasteiger partial charge >= 0.3 is 5.97 Å². The molecule has 0 aromatic rings. The molecular formula is C21H32O3. The number of esters is 1. The number of rotatable bonds is 1. The first kappa shape index (κ1) is 16.6. The van der Waals surface area contributed by atoms with Crippen LogP contribution in [0.5, 0.6) is 0 Å². The van der Waals surface area contributed by atoms with E-state index in [1.165, 1.54) is 32.6 Å². The lowest BCUT2D eigenvalue weighted by Crippen LogP contribution is -2.51. The zero-order chi connectivity index (χ0) is 17.1. The highest BCUT2D eigenvalue weighted by molar-refractivity contribution is 5.66. The minimum Gasteiger partial charge on any atom is -0.458 e. The minimum absolute atomic E-state index is 0.00992. The Morgan fingerprint density at radius 2 is 1.92 bits per heavy atom. The second-order valence-corrected chi connectivity index (χ2v) is 9.35. The molecule has 3 saturated carbocycles. The smallest absolute Gasteiger partial charge is 0.303 e. The van der Waals surface area contributed by atoms with Gasteiger partial charge in [-0.2, -0.15) is 0 Å². The number of aliphatic hydroxyl groups excluding tert-OH is 1. The van der Waals surface area contributed by atoms with E-state index >= 15 is 0 Å². The van der Waals surface area contributed by atoms with Crippen molar-refractivity contribution in [2.75, 3.05) is 0 Å². The molecule has 0 spiro atoms. The fourth-order valence-corrected chi connectivity index (χ4v) is 6.98. The van der Waals surface area contributed by atoms with Gasteiger partial charge in [-0.05, 0) is 86.0 Å². The van der Waals surface area contributed by atoms with Crippen LogP contribution in [-0.2, 0) is 9.53 Å². The van der Waals surface area contributed by atoms with Crippen LogP contribution >= 0.6 is 0 Å². The van der Waals surface area contributed by atoms with Crippen molar-refractivity contribution in [3.8, 4) is 0 Å². The van der Waals surface area contributed by atoms with E-state index in [4.69, 9.17) is 4.74 Å². The Balaban J connectivity index is 1.60. The predicted molar refractivity (Wildman–Crippen MR) is 93.3 cm³/mol. The summed E-state index contributed by atoms with van der Waals surface area (Å²) < 4.78 is 5.47. The van der Waals surface area contributed by atoms with E-state index in [-0.39, 0.29) is 29.0 Å². The number of hydrogen-bond donors (Lipinski definition) is 1. The number of fused-ring (bicyclic) bond motifs is 5. The molecule has 0 aromatic carbocycles. The fraction of sp³-hybridized carbons (Fsp3) is 0.857. The monoisotopic (exact) mass is 332 g/mol. The summed E-state index contributed by atoms with van der Waals surface area (Å²) in [6.45, 7) is 6.32. The van der Waals surface area contributed by atoms with E-state index in [1.807, 2.05) is 0 Å². The van der Waals surface area contributed by atoms with Crippen LogP contribution in [0.2, 0.25) is 0 Å². The van der Waals surface area contributed by atoms with Crippen LogP contribution < -0.4 is 0 Å². The molecule has 134 valence electrons. The molecule has 0 aromatic heterocycles. The lowest BCUT2D eigenvalue weighted by atomic mass is 9.47. The third-order valence-corrected chi connectivity index (χ3v) is 8.34.